The number of aliphatic hydroxyl groups excluding tert-OH is 1. The highest BCUT2D eigenvalue weighted by molar-refractivity contribution is 5.94. The third kappa shape index (κ3) is 1.96. The van der Waals surface area contributed by atoms with Crippen LogP contribution in [0.3, 0.4) is 0 Å². The zero-order chi connectivity index (χ0) is 8.97. The minimum Gasteiger partial charge on any atom is -0.397 e. The van der Waals surface area contributed by atoms with E-state index in [0.29, 0.717) is 11.4 Å². The number of aliphatic hydroxyl groups is 1. The number of nitrogens with one attached hydrogen (secondary N) is 1. The molecular formula is C8H10N2O2. The van der Waals surface area contributed by atoms with Gasteiger partial charge in [0, 0.05) is 0 Å². The summed E-state index contributed by atoms with van der Waals surface area (Å²) in [4.78, 5) is 10.7. The van der Waals surface area contributed by atoms with Crippen molar-refractivity contribution < 1.29 is 9.90 Å². The molecule has 1 amide bonds. The van der Waals surface area contributed by atoms with E-state index in [4.69, 9.17) is 10.8 Å². The molecule has 0 aliphatic rings. The van der Waals surface area contributed by atoms with Gasteiger partial charge in [0.1, 0.15) is 6.61 Å². The van der Waals surface area contributed by atoms with Gasteiger partial charge in [-0.25, -0.2) is 0 Å². The lowest BCUT2D eigenvalue weighted by Crippen LogP contribution is -2.16. The Labute approximate surface area is 70.0 Å². The van der Waals surface area contributed by atoms with Crippen molar-refractivity contribution in [2.45, 2.75) is 0 Å². The van der Waals surface area contributed by atoms with Crippen LogP contribution in [0.5, 0.6) is 0 Å². The summed E-state index contributed by atoms with van der Waals surface area (Å²) in [6, 6.07) is 6.86. The molecule has 0 bridgehead atoms. The first-order valence-electron chi connectivity index (χ1n) is 3.49. The van der Waals surface area contributed by atoms with Gasteiger partial charge >= 0.3 is 0 Å². The van der Waals surface area contributed by atoms with Gasteiger partial charge in [-0.1, -0.05) is 12.1 Å². The van der Waals surface area contributed by atoms with Gasteiger partial charge < -0.3 is 16.2 Å². The van der Waals surface area contributed by atoms with Gasteiger partial charge in [0.05, 0.1) is 11.4 Å². The molecule has 4 heteroatoms. The second kappa shape index (κ2) is 3.73. The fourth-order valence-corrected chi connectivity index (χ4v) is 0.801. The van der Waals surface area contributed by atoms with Crippen molar-refractivity contribution in [3.63, 3.8) is 0 Å². The quantitative estimate of drug-likeness (QED) is 0.549. The predicted octanol–water partition coefficient (Wildman–Crippen LogP) is 0.200. The first kappa shape index (κ1) is 8.55. The van der Waals surface area contributed by atoms with Crippen LogP contribution in [0.4, 0.5) is 11.4 Å². The number of nitrogen functional groups attached to an aromatic ring is 1. The summed E-state index contributed by atoms with van der Waals surface area (Å²) in [5.74, 6) is -0.465. The predicted molar refractivity (Wildman–Crippen MR) is 46.6 cm³/mol. The molecular weight excluding hydrogens is 156 g/mol. The van der Waals surface area contributed by atoms with E-state index in [-0.39, 0.29) is 0 Å². The molecule has 0 atom stereocenters. The number of carbonyl (C=O) groups is 1. The number of nitrogens with two attached hydrogens (primary N) is 1. The highest BCUT2D eigenvalue weighted by atomic mass is 16.3. The fraction of sp³-hybridized carbons (Fsp3) is 0.125. The normalized spacial score (nSPS) is 9.42. The molecule has 0 aliphatic heterocycles. The summed E-state index contributed by atoms with van der Waals surface area (Å²) < 4.78 is 0. The summed E-state index contributed by atoms with van der Waals surface area (Å²) in [5, 5.41) is 10.9. The summed E-state index contributed by atoms with van der Waals surface area (Å²) in [7, 11) is 0. The number of para-hydroxylation sites is 2. The molecule has 0 spiro atoms. The number of anilines is 2. The average molecular weight is 166 g/mol. The first-order chi connectivity index (χ1) is 5.74. The van der Waals surface area contributed by atoms with Crippen molar-refractivity contribution in [3.05, 3.63) is 24.3 Å². The van der Waals surface area contributed by atoms with Crippen LogP contribution in [0.2, 0.25) is 0 Å². The summed E-state index contributed by atoms with van der Waals surface area (Å²) in [6.07, 6.45) is 0. The molecule has 4 N–H and O–H groups in total. The van der Waals surface area contributed by atoms with Crippen LogP contribution < -0.4 is 11.1 Å². The SMILES string of the molecule is Nc1ccccc1NC(=O)CO. The highest BCUT2D eigenvalue weighted by Crippen LogP contribution is 2.15. The second-order valence-electron chi connectivity index (χ2n) is 2.29. The third-order valence-electron chi connectivity index (χ3n) is 1.38. The van der Waals surface area contributed by atoms with Gasteiger partial charge in [-0.15, -0.1) is 0 Å². The third-order valence-corrected chi connectivity index (χ3v) is 1.38. The molecule has 0 radical (unpaired) electrons. The lowest BCUT2D eigenvalue weighted by Gasteiger charge is -2.05. The number of carbonyl (C=O) groups excluding carboxylic acids is 1. The Balaban J connectivity index is 2.75. The smallest absolute Gasteiger partial charge is 0.250 e. The van der Waals surface area contributed by atoms with E-state index in [1.54, 1.807) is 24.3 Å². The summed E-state index contributed by atoms with van der Waals surface area (Å²) in [6.45, 7) is -0.533. The van der Waals surface area contributed by atoms with E-state index < -0.39 is 12.5 Å². The van der Waals surface area contributed by atoms with Gasteiger partial charge in [-0.3, -0.25) is 4.79 Å². The van der Waals surface area contributed by atoms with Crippen molar-refractivity contribution in [1.29, 1.82) is 0 Å². The number of hydrogen-bond donors (Lipinski definition) is 3. The van der Waals surface area contributed by atoms with E-state index in [1.165, 1.54) is 0 Å². The highest BCUT2D eigenvalue weighted by Gasteiger charge is 2.01. The molecule has 0 heterocycles. The Morgan fingerprint density at radius 1 is 1.50 bits per heavy atom. The molecule has 0 saturated heterocycles. The standard InChI is InChI=1S/C8H10N2O2/c9-6-3-1-2-4-7(6)10-8(12)5-11/h1-4,11H,5,9H2,(H,10,12). The average Bonchev–Trinajstić information content (AvgIpc) is 2.09. The largest absolute Gasteiger partial charge is 0.397 e. The fourth-order valence-electron chi connectivity index (χ4n) is 0.801. The molecule has 1 aromatic carbocycles. The van der Waals surface area contributed by atoms with Crippen molar-refractivity contribution in [2.24, 2.45) is 0 Å². The minimum atomic E-state index is -0.533. The van der Waals surface area contributed by atoms with Crippen LogP contribution in [0.25, 0.3) is 0 Å². The van der Waals surface area contributed by atoms with E-state index in [2.05, 4.69) is 5.32 Å². The Morgan fingerprint density at radius 3 is 2.75 bits per heavy atom. The number of hydrogen-bond acceptors (Lipinski definition) is 3. The maximum Gasteiger partial charge on any atom is 0.250 e. The molecule has 1 rings (SSSR count). The van der Waals surface area contributed by atoms with Crippen LogP contribution in [0.15, 0.2) is 24.3 Å². The van der Waals surface area contributed by atoms with Crippen molar-refractivity contribution in [2.75, 3.05) is 17.7 Å². The molecule has 64 valence electrons. The monoisotopic (exact) mass is 166 g/mol. The van der Waals surface area contributed by atoms with Crippen LogP contribution >= 0.6 is 0 Å². The topological polar surface area (TPSA) is 75.3 Å². The summed E-state index contributed by atoms with van der Waals surface area (Å²) in [5.41, 5.74) is 6.54. The number of benzene rings is 1. The molecule has 0 aromatic heterocycles. The van der Waals surface area contributed by atoms with Crippen molar-refractivity contribution >= 4 is 17.3 Å². The van der Waals surface area contributed by atoms with E-state index in [0.717, 1.165) is 0 Å². The molecule has 12 heavy (non-hydrogen) atoms. The van der Waals surface area contributed by atoms with Gasteiger partial charge in [-0.2, -0.15) is 0 Å². The molecule has 0 saturated carbocycles. The zero-order valence-electron chi connectivity index (χ0n) is 6.45. The van der Waals surface area contributed by atoms with Gasteiger partial charge in [0.25, 0.3) is 0 Å². The van der Waals surface area contributed by atoms with Gasteiger partial charge in [-0.05, 0) is 12.1 Å². The van der Waals surface area contributed by atoms with Crippen molar-refractivity contribution in [1.82, 2.24) is 0 Å². The Morgan fingerprint density at radius 2 is 2.17 bits per heavy atom. The molecule has 4 nitrogen and oxygen atoms in total. The van der Waals surface area contributed by atoms with Crippen LogP contribution in [0.1, 0.15) is 0 Å². The summed E-state index contributed by atoms with van der Waals surface area (Å²) >= 11 is 0. The molecule has 0 aliphatic carbocycles. The van der Waals surface area contributed by atoms with Crippen LogP contribution in [-0.2, 0) is 4.79 Å². The first-order valence-corrected chi connectivity index (χ1v) is 3.49. The maximum absolute atomic E-state index is 10.7. The van der Waals surface area contributed by atoms with E-state index in [9.17, 15) is 4.79 Å². The molecule has 0 unspecified atom stereocenters. The Hall–Kier alpha value is -1.55. The van der Waals surface area contributed by atoms with E-state index in [1.807, 2.05) is 0 Å². The van der Waals surface area contributed by atoms with E-state index >= 15 is 0 Å². The zero-order valence-corrected chi connectivity index (χ0v) is 6.45. The number of rotatable bonds is 2. The molecule has 1 aromatic rings. The van der Waals surface area contributed by atoms with Gasteiger partial charge in [0.15, 0.2) is 0 Å². The minimum absolute atomic E-state index is 0.465. The van der Waals surface area contributed by atoms with Crippen LogP contribution in [-0.4, -0.2) is 17.6 Å². The Bertz CT molecular complexity index is 286. The van der Waals surface area contributed by atoms with Gasteiger partial charge in [0.2, 0.25) is 5.91 Å². The lowest BCUT2D eigenvalue weighted by molar-refractivity contribution is -0.118. The van der Waals surface area contributed by atoms with Crippen molar-refractivity contribution in [3.8, 4) is 0 Å². The van der Waals surface area contributed by atoms with Crippen LogP contribution in [0, 0.1) is 0 Å². The maximum atomic E-state index is 10.7. The number of amides is 1. The Kier molecular flexibility index (Phi) is 2.66. The lowest BCUT2D eigenvalue weighted by atomic mass is 10.3. The molecule has 0 fully saturated rings. The second-order valence-corrected chi connectivity index (χ2v) is 2.29.